The van der Waals surface area contributed by atoms with Crippen LogP contribution in [-0.2, 0) is 9.59 Å². The zero-order valence-corrected chi connectivity index (χ0v) is 20.5. The van der Waals surface area contributed by atoms with Crippen LogP contribution in [-0.4, -0.2) is 59.4 Å². The maximum atomic E-state index is 9.48. The van der Waals surface area contributed by atoms with Crippen LogP contribution in [0.5, 0.6) is 0 Å². The Morgan fingerprint density at radius 2 is 1.53 bits per heavy atom. The van der Waals surface area contributed by atoms with Gasteiger partial charge in [0.2, 0.25) is 0 Å². The summed E-state index contributed by atoms with van der Waals surface area (Å²) < 4.78 is 0. The fourth-order valence-electron chi connectivity index (χ4n) is 3.41. The fourth-order valence-corrected chi connectivity index (χ4v) is 3.41. The van der Waals surface area contributed by atoms with E-state index in [1.807, 2.05) is 12.1 Å². The molecule has 0 amide bonds. The second-order valence-corrected chi connectivity index (χ2v) is 8.42. The van der Waals surface area contributed by atoms with Gasteiger partial charge in [-0.1, -0.05) is 76.1 Å². The zero-order valence-electron chi connectivity index (χ0n) is 20.5. The van der Waals surface area contributed by atoms with Gasteiger partial charge in [-0.15, -0.1) is 0 Å². The van der Waals surface area contributed by atoms with E-state index in [0.29, 0.717) is 12.6 Å². The number of aldehydes is 2. The molecule has 1 unspecified atom stereocenters. The van der Waals surface area contributed by atoms with Crippen molar-refractivity contribution in [2.75, 3.05) is 26.4 Å². The molecule has 0 aliphatic heterocycles. The molecular weight excluding hydrogens is 432 g/mol. The Labute approximate surface area is 204 Å². The van der Waals surface area contributed by atoms with Crippen LogP contribution in [0.3, 0.4) is 0 Å². The molecule has 1 aliphatic carbocycles. The number of rotatable bonds is 12. The zero-order chi connectivity index (χ0) is 25.8. The van der Waals surface area contributed by atoms with E-state index >= 15 is 0 Å². The molecule has 190 valence electrons. The summed E-state index contributed by atoms with van der Waals surface area (Å²) in [4.78, 5) is 19.0. The van der Waals surface area contributed by atoms with Crippen molar-refractivity contribution in [3.63, 3.8) is 0 Å². The third kappa shape index (κ3) is 13.4. The van der Waals surface area contributed by atoms with Crippen LogP contribution in [0.25, 0.3) is 5.57 Å². The number of allylic oxidation sites excluding steroid dienone is 2. The third-order valence-corrected chi connectivity index (χ3v) is 5.67. The van der Waals surface area contributed by atoms with Gasteiger partial charge in [-0.3, -0.25) is 9.59 Å². The van der Waals surface area contributed by atoms with Gasteiger partial charge in [0.05, 0.1) is 26.4 Å². The Morgan fingerprint density at radius 1 is 0.971 bits per heavy atom. The highest BCUT2D eigenvalue weighted by Gasteiger charge is 2.15. The summed E-state index contributed by atoms with van der Waals surface area (Å²) in [5.41, 5.74) is 4.21. The molecule has 0 fully saturated rings. The molecule has 0 heterocycles. The Balaban J connectivity index is 0.000000750. The van der Waals surface area contributed by atoms with Gasteiger partial charge in [0, 0.05) is 17.1 Å². The molecule has 0 bridgehead atoms. The van der Waals surface area contributed by atoms with Crippen molar-refractivity contribution >= 4 is 18.1 Å². The lowest BCUT2D eigenvalue weighted by Crippen LogP contribution is -2.09. The van der Waals surface area contributed by atoms with E-state index in [1.54, 1.807) is 0 Å². The predicted molar refractivity (Wildman–Crippen MR) is 137 cm³/mol. The minimum atomic E-state index is -0.233. The van der Waals surface area contributed by atoms with Crippen molar-refractivity contribution in [2.45, 2.75) is 57.8 Å². The number of carbonyl (C=O) groups is 2. The van der Waals surface area contributed by atoms with Crippen LogP contribution in [0.2, 0.25) is 0 Å². The van der Waals surface area contributed by atoms with Crippen LogP contribution in [0.15, 0.2) is 54.6 Å². The van der Waals surface area contributed by atoms with Crippen LogP contribution in [0.4, 0.5) is 0 Å². The maximum Gasteiger partial charge on any atom is 0.147 e. The summed E-state index contributed by atoms with van der Waals surface area (Å²) in [6.45, 7) is 8.14. The van der Waals surface area contributed by atoms with Crippen molar-refractivity contribution in [1.29, 1.82) is 0 Å². The van der Waals surface area contributed by atoms with Crippen LogP contribution in [0, 0.1) is 5.92 Å². The van der Waals surface area contributed by atoms with Gasteiger partial charge in [0.1, 0.15) is 12.6 Å². The largest absolute Gasteiger partial charge is 0.396 e. The maximum absolute atomic E-state index is 9.48. The van der Waals surface area contributed by atoms with Crippen LogP contribution >= 0.6 is 0 Å². The first kappa shape index (κ1) is 31.6. The molecule has 2 rings (SSSR count). The average molecular weight is 475 g/mol. The summed E-state index contributed by atoms with van der Waals surface area (Å²) >= 11 is 0. The smallest absolute Gasteiger partial charge is 0.147 e. The van der Waals surface area contributed by atoms with E-state index in [-0.39, 0.29) is 43.5 Å². The van der Waals surface area contributed by atoms with Gasteiger partial charge in [0.15, 0.2) is 0 Å². The predicted octanol–water partition coefficient (Wildman–Crippen LogP) is 3.99. The number of hydrogen-bond donors (Lipinski definition) is 4. The number of benzene rings is 1. The minimum Gasteiger partial charge on any atom is -0.396 e. The monoisotopic (exact) mass is 474 g/mol. The highest BCUT2D eigenvalue weighted by molar-refractivity contribution is 5.72. The number of unbranched alkanes of at least 4 members (excludes halogenated alkanes) is 2. The first-order chi connectivity index (χ1) is 16.4. The number of aliphatic hydroxyl groups excluding tert-OH is 4. The van der Waals surface area contributed by atoms with Crippen molar-refractivity contribution in [2.24, 2.45) is 5.92 Å². The third-order valence-electron chi connectivity index (χ3n) is 5.67. The lowest BCUT2D eigenvalue weighted by molar-refractivity contribution is -0.106. The van der Waals surface area contributed by atoms with Gasteiger partial charge < -0.3 is 20.4 Å². The summed E-state index contributed by atoms with van der Waals surface area (Å²) in [5, 5.41) is 34.5. The normalized spacial score (nSPS) is 14.6. The van der Waals surface area contributed by atoms with E-state index in [2.05, 4.69) is 38.3 Å². The molecule has 1 aliphatic rings. The molecule has 0 aromatic heterocycles. The molecule has 1 aromatic carbocycles. The highest BCUT2D eigenvalue weighted by Crippen LogP contribution is 2.33. The number of hydrogen-bond acceptors (Lipinski definition) is 6. The van der Waals surface area contributed by atoms with E-state index in [9.17, 15) is 19.8 Å². The van der Waals surface area contributed by atoms with E-state index in [0.717, 1.165) is 11.5 Å². The van der Waals surface area contributed by atoms with Gasteiger partial charge >= 0.3 is 0 Å². The van der Waals surface area contributed by atoms with E-state index in [1.165, 1.54) is 56.1 Å². The standard InChI is InChI=1S/C20H30O2.2C4H6O2/c1-2-3-4-5-16-6-8-17(9-7-16)18-10-12-19(13-11-18)20(14-21)15-22;2*1-4(2-5)3-6/h8,10-13,16,20-22H,2-7,9,14-15H2,1H3;2*2,6H,1,3H2. The van der Waals surface area contributed by atoms with Gasteiger partial charge in [-0.25, -0.2) is 0 Å². The van der Waals surface area contributed by atoms with Crippen molar-refractivity contribution in [1.82, 2.24) is 0 Å². The molecule has 1 aromatic rings. The summed E-state index contributed by atoms with van der Waals surface area (Å²) in [6.07, 6.45) is 12.6. The average Bonchev–Trinajstić information content (AvgIpc) is 2.90. The minimum absolute atomic E-state index is 0.00200. The molecule has 6 heteroatoms. The molecule has 0 saturated carbocycles. The highest BCUT2D eigenvalue weighted by atomic mass is 16.3. The molecule has 0 saturated heterocycles. The SMILES string of the molecule is C=C(C=O)CO.C=C(C=O)CO.CCCCCC1CC=C(c2ccc(C(CO)CO)cc2)CC1. The second-order valence-electron chi connectivity index (χ2n) is 8.42. The first-order valence-electron chi connectivity index (χ1n) is 11.9. The lowest BCUT2D eigenvalue weighted by atomic mass is 9.83. The Hall–Kier alpha value is -2.38. The van der Waals surface area contributed by atoms with Gasteiger partial charge in [-0.2, -0.15) is 0 Å². The fraction of sp³-hybridized carbons (Fsp3) is 0.500. The number of carbonyl (C=O) groups excluding carboxylic acids is 2. The van der Waals surface area contributed by atoms with Crippen molar-refractivity contribution < 1.29 is 30.0 Å². The molecule has 0 radical (unpaired) electrons. The van der Waals surface area contributed by atoms with Gasteiger partial charge in [-0.05, 0) is 41.9 Å². The van der Waals surface area contributed by atoms with Crippen LogP contribution in [0.1, 0.15) is 68.9 Å². The summed E-state index contributed by atoms with van der Waals surface area (Å²) in [7, 11) is 0. The van der Waals surface area contributed by atoms with E-state index < -0.39 is 0 Å². The lowest BCUT2D eigenvalue weighted by Gasteiger charge is -2.22. The van der Waals surface area contributed by atoms with Crippen molar-refractivity contribution in [3.8, 4) is 0 Å². The van der Waals surface area contributed by atoms with E-state index in [4.69, 9.17) is 10.2 Å². The van der Waals surface area contributed by atoms with Crippen LogP contribution < -0.4 is 0 Å². The molecule has 1 atom stereocenters. The van der Waals surface area contributed by atoms with Crippen molar-refractivity contribution in [3.05, 3.63) is 65.8 Å². The Kier molecular flexibility index (Phi) is 18.6. The Morgan fingerprint density at radius 3 is 1.88 bits per heavy atom. The second kappa shape index (κ2) is 20.0. The number of aliphatic hydroxyl groups is 4. The summed E-state index contributed by atoms with van der Waals surface area (Å²) in [5.74, 6) is 0.722. The summed E-state index contributed by atoms with van der Waals surface area (Å²) in [6, 6.07) is 8.36. The topological polar surface area (TPSA) is 115 Å². The molecule has 6 nitrogen and oxygen atoms in total. The molecular formula is C28H42O6. The molecule has 34 heavy (non-hydrogen) atoms. The first-order valence-corrected chi connectivity index (χ1v) is 11.9. The molecule has 4 N–H and O–H groups in total. The quantitative estimate of drug-likeness (QED) is 0.207. The van der Waals surface area contributed by atoms with Gasteiger partial charge in [0.25, 0.3) is 0 Å². The molecule has 0 spiro atoms. The Bertz CT molecular complexity index is 727.